The van der Waals surface area contributed by atoms with E-state index in [1.54, 1.807) is 39.5 Å². The maximum atomic E-state index is 11.4. The zero-order valence-corrected chi connectivity index (χ0v) is 12.8. The Hall–Kier alpha value is -1.79. The van der Waals surface area contributed by atoms with Crippen molar-refractivity contribution in [1.82, 2.24) is 0 Å². The third-order valence-electron chi connectivity index (χ3n) is 3.12. The normalized spacial score (nSPS) is 10.4. The maximum absolute atomic E-state index is 11.4. The van der Waals surface area contributed by atoms with Crippen LogP contribution in [0.2, 0.25) is 0 Å². The number of carbonyl (C=O) groups is 1. The standard InChI is InChI=1S/C15H23NO5/c1-19-9-4-7-16(8-10-20-2)14-11-12(21-3)5-6-13(14)15(17)18/h5-6,11H,4,7-10H2,1-3H3,(H,17,18). The molecule has 1 N–H and O–H groups in total. The summed E-state index contributed by atoms with van der Waals surface area (Å²) in [6, 6.07) is 4.95. The number of hydrogen-bond acceptors (Lipinski definition) is 5. The molecule has 0 radical (unpaired) electrons. The van der Waals surface area contributed by atoms with Crippen LogP contribution < -0.4 is 9.64 Å². The summed E-state index contributed by atoms with van der Waals surface area (Å²) in [4.78, 5) is 13.4. The molecule has 0 spiro atoms. The number of carboxylic acid groups (broad SMARTS) is 1. The van der Waals surface area contributed by atoms with Gasteiger partial charge in [0.25, 0.3) is 0 Å². The highest BCUT2D eigenvalue weighted by Crippen LogP contribution is 2.26. The number of rotatable bonds is 10. The fourth-order valence-corrected chi connectivity index (χ4v) is 2.03. The SMILES string of the molecule is COCCCN(CCOC)c1cc(OC)ccc1C(=O)O. The van der Waals surface area contributed by atoms with Crippen molar-refractivity contribution in [3.8, 4) is 5.75 Å². The van der Waals surface area contributed by atoms with Crippen molar-refractivity contribution in [2.24, 2.45) is 0 Å². The monoisotopic (exact) mass is 297 g/mol. The number of carboxylic acids is 1. The Morgan fingerprint density at radius 2 is 1.86 bits per heavy atom. The van der Waals surface area contributed by atoms with Gasteiger partial charge in [-0.05, 0) is 18.6 Å². The van der Waals surface area contributed by atoms with E-state index in [-0.39, 0.29) is 5.56 Å². The number of benzene rings is 1. The largest absolute Gasteiger partial charge is 0.497 e. The Bertz CT molecular complexity index is 450. The molecule has 0 aromatic heterocycles. The summed E-state index contributed by atoms with van der Waals surface area (Å²) >= 11 is 0. The van der Waals surface area contributed by atoms with Crippen molar-refractivity contribution in [2.75, 3.05) is 52.5 Å². The minimum absolute atomic E-state index is 0.254. The van der Waals surface area contributed by atoms with Gasteiger partial charge in [-0.25, -0.2) is 4.79 Å². The minimum atomic E-state index is -0.957. The average molecular weight is 297 g/mol. The second kappa shape index (κ2) is 9.20. The molecule has 0 aliphatic carbocycles. The van der Waals surface area contributed by atoms with Crippen LogP contribution in [0.3, 0.4) is 0 Å². The lowest BCUT2D eigenvalue weighted by Gasteiger charge is -2.26. The summed E-state index contributed by atoms with van der Waals surface area (Å²) in [6.07, 6.45) is 0.802. The predicted molar refractivity (Wildman–Crippen MR) is 80.5 cm³/mol. The fraction of sp³-hybridized carbons (Fsp3) is 0.533. The maximum Gasteiger partial charge on any atom is 0.337 e. The van der Waals surface area contributed by atoms with Crippen LogP contribution in [-0.2, 0) is 9.47 Å². The molecule has 0 saturated carbocycles. The summed E-state index contributed by atoms with van der Waals surface area (Å²) in [6.45, 7) is 2.43. The third-order valence-corrected chi connectivity index (χ3v) is 3.12. The molecule has 0 atom stereocenters. The second-order valence-corrected chi connectivity index (χ2v) is 4.51. The molecule has 118 valence electrons. The van der Waals surface area contributed by atoms with Crippen LogP contribution in [0.4, 0.5) is 5.69 Å². The molecular formula is C15H23NO5. The van der Waals surface area contributed by atoms with Crippen molar-refractivity contribution in [3.63, 3.8) is 0 Å². The van der Waals surface area contributed by atoms with Crippen molar-refractivity contribution < 1.29 is 24.1 Å². The molecule has 0 amide bonds. The predicted octanol–water partition coefficient (Wildman–Crippen LogP) is 1.88. The molecule has 0 fully saturated rings. The van der Waals surface area contributed by atoms with Crippen LogP contribution in [0.5, 0.6) is 5.75 Å². The van der Waals surface area contributed by atoms with Crippen molar-refractivity contribution in [2.45, 2.75) is 6.42 Å². The van der Waals surface area contributed by atoms with E-state index in [2.05, 4.69) is 0 Å². The first-order chi connectivity index (χ1) is 10.1. The zero-order chi connectivity index (χ0) is 15.7. The summed E-state index contributed by atoms with van der Waals surface area (Å²) in [5.41, 5.74) is 0.888. The van der Waals surface area contributed by atoms with Gasteiger partial charge in [-0.15, -0.1) is 0 Å². The molecule has 6 heteroatoms. The molecule has 21 heavy (non-hydrogen) atoms. The number of ether oxygens (including phenoxy) is 3. The van der Waals surface area contributed by atoms with E-state index in [0.717, 1.165) is 6.42 Å². The minimum Gasteiger partial charge on any atom is -0.497 e. The topological polar surface area (TPSA) is 68.2 Å². The summed E-state index contributed by atoms with van der Waals surface area (Å²) in [7, 11) is 4.83. The van der Waals surface area contributed by atoms with Gasteiger partial charge < -0.3 is 24.2 Å². The van der Waals surface area contributed by atoms with Crippen LogP contribution in [0.25, 0.3) is 0 Å². The Balaban J connectivity index is 3.03. The Morgan fingerprint density at radius 1 is 1.14 bits per heavy atom. The third kappa shape index (κ3) is 5.24. The summed E-state index contributed by atoms with van der Waals surface area (Å²) in [5.74, 6) is -0.328. The van der Waals surface area contributed by atoms with Crippen LogP contribution in [0, 0.1) is 0 Å². The van der Waals surface area contributed by atoms with Gasteiger partial charge in [-0.2, -0.15) is 0 Å². The van der Waals surface area contributed by atoms with E-state index in [9.17, 15) is 9.90 Å². The number of anilines is 1. The quantitative estimate of drug-likeness (QED) is 0.665. The van der Waals surface area contributed by atoms with Crippen LogP contribution >= 0.6 is 0 Å². The van der Waals surface area contributed by atoms with E-state index >= 15 is 0 Å². The molecule has 0 bridgehead atoms. The number of methoxy groups -OCH3 is 3. The van der Waals surface area contributed by atoms with E-state index in [1.165, 1.54) is 0 Å². The van der Waals surface area contributed by atoms with Gasteiger partial charge in [-0.3, -0.25) is 0 Å². The molecular weight excluding hydrogens is 274 g/mol. The van der Waals surface area contributed by atoms with Crippen molar-refractivity contribution >= 4 is 11.7 Å². The average Bonchev–Trinajstić information content (AvgIpc) is 2.50. The molecule has 0 aliphatic heterocycles. The number of nitrogens with zero attached hydrogens (tertiary/aromatic N) is 1. The van der Waals surface area contributed by atoms with Gasteiger partial charge in [0.2, 0.25) is 0 Å². The van der Waals surface area contributed by atoms with Gasteiger partial charge in [0.15, 0.2) is 0 Å². The van der Waals surface area contributed by atoms with Gasteiger partial charge >= 0.3 is 5.97 Å². The van der Waals surface area contributed by atoms with E-state index in [0.29, 0.717) is 37.7 Å². The van der Waals surface area contributed by atoms with Crippen LogP contribution in [-0.4, -0.2) is 58.7 Å². The number of hydrogen-bond donors (Lipinski definition) is 1. The molecule has 0 aliphatic rings. The molecule has 1 aromatic rings. The molecule has 6 nitrogen and oxygen atoms in total. The molecule has 1 aromatic carbocycles. The Morgan fingerprint density at radius 3 is 2.43 bits per heavy atom. The Kier molecular flexibility index (Phi) is 7.56. The molecule has 0 unspecified atom stereocenters. The highest BCUT2D eigenvalue weighted by molar-refractivity contribution is 5.94. The van der Waals surface area contributed by atoms with E-state index < -0.39 is 5.97 Å². The lowest BCUT2D eigenvalue weighted by molar-refractivity contribution is 0.0697. The van der Waals surface area contributed by atoms with E-state index in [4.69, 9.17) is 14.2 Å². The Labute approximate surface area is 125 Å². The van der Waals surface area contributed by atoms with E-state index in [1.807, 2.05) is 4.90 Å². The first kappa shape index (κ1) is 17.3. The highest BCUT2D eigenvalue weighted by atomic mass is 16.5. The lowest BCUT2D eigenvalue weighted by Crippen LogP contribution is -2.30. The summed E-state index contributed by atoms with van der Waals surface area (Å²) < 4.78 is 15.4. The summed E-state index contributed by atoms with van der Waals surface area (Å²) in [5, 5.41) is 9.35. The number of aromatic carboxylic acids is 1. The first-order valence-electron chi connectivity index (χ1n) is 6.78. The van der Waals surface area contributed by atoms with Gasteiger partial charge in [0.05, 0.1) is 25.0 Å². The van der Waals surface area contributed by atoms with Crippen molar-refractivity contribution in [3.05, 3.63) is 23.8 Å². The molecule has 0 heterocycles. The zero-order valence-electron chi connectivity index (χ0n) is 12.8. The van der Waals surface area contributed by atoms with Gasteiger partial charge in [0, 0.05) is 40.0 Å². The fourth-order valence-electron chi connectivity index (χ4n) is 2.03. The second-order valence-electron chi connectivity index (χ2n) is 4.51. The highest BCUT2D eigenvalue weighted by Gasteiger charge is 2.17. The van der Waals surface area contributed by atoms with Gasteiger partial charge in [-0.1, -0.05) is 0 Å². The first-order valence-corrected chi connectivity index (χ1v) is 6.78. The van der Waals surface area contributed by atoms with Crippen LogP contribution in [0.15, 0.2) is 18.2 Å². The lowest BCUT2D eigenvalue weighted by atomic mass is 10.1. The van der Waals surface area contributed by atoms with Crippen molar-refractivity contribution in [1.29, 1.82) is 0 Å². The van der Waals surface area contributed by atoms with Crippen LogP contribution in [0.1, 0.15) is 16.8 Å². The van der Waals surface area contributed by atoms with Gasteiger partial charge in [0.1, 0.15) is 5.75 Å². The smallest absolute Gasteiger partial charge is 0.337 e. The molecule has 1 rings (SSSR count). The molecule has 0 saturated heterocycles.